The molecular formula is C17H26N4O4S2. The summed E-state index contributed by atoms with van der Waals surface area (Å²) in [6.07, 6.45) is 1.51. The molecular weight excluding hydrogens is 388 g/mol. The summed E-state index contributed by atoms with van der Waals surface area (Å²) in [6, 6.07) is 0.244. The maximum atomic E-state index is 12.2. The minimum atomic E-state index is -1.00. The molecule has 0 radical (unpaired) electrons. The van der Waals surface area contributed by atoms with Crippen LogP contribution in [0.4, 0.5) is 0 Å². The van der Waals surface area contributed by atoms with E-state index in [2.05, 4.69) is 15.2 Å². The molecule has 2 aliphatic rings. The molecule has 1 aromatic heterocycles. The van der Waals surface area contributed by atoms with Gasteiger partial charge in [0.05, 0.1) is 13.2 Å². The van der Waals surface area contributed by atoms with Crippen LogP contribution in [-0.4, -0.2) is 96.0 Å². The van der Waals surface area contributed by atoms with Crippen molar-refractivity contribution >= 4 is 35.0 Å². The van der Waals surface area contributed by atoms with E-state index in [1.807, 2.05) is 4.90 Å². The van der Waals surface area contributed by atoms with Crippen LogP contribution in [0.2, 0.25) is 0 Å². The molecule has 2 saturated heterocycles. The van der Waals surface area contributed by atoms with E-state index in [0.717, 1.165) is 62.5 Å². The number of thiazole rings is 1. The first-order valence-electron chi connectivity index (χ1n) is 9.25. The minimum Gasteiger partial charge on any atom is -0.476 e. The maximum Gasteiger partial charge on any atom is 0.355 e. The van der Waals surface area contributed by atoms with Gasteiger partial charge in [0.25, 0.3) is 0 Å². The third kappa shape index (κ3) is 6.15. The van der Waals surface area contributed by atoms with Gasteiger partial charge in [-0.15, -0.1) is 11.3 Å². The average molecular weight is 415 g/mol. The largest absolute Gasteiger partial charge is 0.476 e. The molecule has 1 aromatic rings. The molecule has 0 aliphatic carbocycles. The van der Waals surface area contributed by atoms with E-state index in [1.165, 1.54) is 23.1 Å². The van der Waals surface area contributed by atoms with E-state index in [0.29, 0.717) is 13.0 Å². The first-order chi connectivity index (χ1) is 13.1. The van der Waals surface area contributed by atoms with Gasteiger partial charge >= 0.3 is 5.97 Å². The molecule has 2 N–H and O–H groups in total. The SMILES string of the molecule is O=C(O)c1csc(SCCN2C(=O)CC[C@@H]2CNCCN2CCOCC2)n1. The van der Waals surface area contributed by atoms with Crippen molar-refractivity contribution in [3.05, 3.63) is 11.1 Å². The molecule has 2 fully saturated rings. The molecule has 1 amide bonds. The molecule has 3 heterocycles. The molecule has 10 heteroatoms. The number of aromatic nitrogens is 1. The van der Waals surface area contributed by atoms with Gasteiger partial charge in [0, 0.05) is 62.9 Å². The Morgan fingerprint density at radius 2 is 2.22 bits per heavy atom. The van der Waals surface area contributed by atoms with Crippen LogP contribution in [0.3, 0.4) is 0 Å². The van der Waals surface area contributed by atoms with Gasteiger partial charge in [0.15, 0.2) is 10.0 Å². The van der Waals surface area contributed by atoms with Gasteiger partial charge in [-0.3, -0.25) is 9.69 Å². The second-order valence-electron chi connectivity index (χ2n) is 6.59. The summed E-state index contributed by atoms with van der Waals surface area (Å²) < 4.78 is 6.09. The summed E-state index contributed by atoms with van der Waals surface area (Å²) in [7, 11) is 0. The van der Waals surface area contributed by atoms with E-state index >= 15 is 0 Å². The maximum absolute atomic E-state index is 12.2. The summed E-state index contributed by atoms with van der Waals surface area (Å²) in [5.74, 6) is -0.0697. The van der Waals surface area contributed by atoms with Crippen molar-refractivity contribution in [3.63, 3.8) is 0 Å². The second-order valence-corrected chi connectivity index (χ2v) is 8.79. The molecule has 1 atom stereocenters. The third-order valence-corrected chi connectivity index (χ3v) is 6.80. The molecule has 8 nitrogen and oxygen atoms in total. The predicted octanol–water partition coefficient (Wildman–Crippen LogP) is 0.846. The van der Waals surface area contributed by atoms with Crippen LogP contribution in [0.1, 0.15) is 23.3 Å². The Morgan fingerprint density at radius 1 is 1.41 bits per heavy atom. The number of likely N-dealkylation sites (tertiary alicyclic amines) is 1. The van der Waals surface area contributed by atoms with Crippen molar-refractivity contribution in [1.82, 2.24) is 20.1 Å². The van der Waals surface area contributed by atoms with Gasteiger partial charge in [-0.05, 0) is 6.42 Å². The number of nitrogens with zero attached hydrogens (tertiary/aromatic N) is 3. The van der Waals surface area contributed by atoms with E-state index in [-0.39, 0.29) is 17.6 Å². The van der Waals surface area contributed by atoms with E-state index < -0.39 is 5.97 Å². The van der Waals surface area contributed by atoms with Gasteiger partial charge in [0.1, 0.15) is 0 Å². The molecule has 0 spiro atoms. The molecule has 0 unspecified atom stereocenters. The third-order valence-electron chi connectivity index (χ3n) is 4.80. The summed E-state index contributed by atoms with van der Waals surface area (Å²) in [4.78, 5) is 31.5. The number of carbonyl (C=O) groups excluding carboxylic acids is 1. The normalized spacial score (nSPS) is 21.1. The van der Waals surface area contributed by atoms with Gasteiger partial charge in [-0.2, -0.15) is 0 Å². The Balaban J connectivity index is 1.36. The van der Waals surface area contributed by atoms with Crippen LogP contribution < -0.4 is 5.32 Å². The van der Waals surface area contributed by atoms with Crippen molar-refractivity contribution in [2.24, 2.45) is 0 Å². The van der Waals surface area contributed by atoms with E-state index in [9.17, 15) is 9.59 Å². The molecule has 150 valence electrons. The smallest absolute Gasteiger partial charge is 0.355 e. The number of hydrogen-bond acceptors (Lipinski definition) is 8. The van der Waals surface area contributed by atoms with E-state index in [4.69, 9.17) is 9.84 Å². The van der Waals surface area contributed by atoms with Gasteiger partial charge in [0.2, 0.25) is 5.91 Å². The van der Waals surface area contributed by atoms with Gasteiger partial charge < -0.3 is 20.1 Å². The number of morpholine rings is 1. The number of amides is 1. The summed E-state index contributed by atoms with van der Waals surface area (Å²) in [5.41, 5.74) is 0.0853. The Morgan fingerprint density at radius 3 is 2.96 bits per heavy atom. The predicted molar refractivity (Wildman–Crippen MR) is 105 cm³/mol. The highest BCUT2D eigenvalue weighted by molar-refractivity contribution is 8.01. The first kappa shape index (κ1) is 20.5. The van der Waals surface area contributed by atoms with Crippen LogP contribution in [0.25, 0.3) is 0 Å². The van der Waals surface area contributed by atoms with Crippen LogP contribution >= 0.6 is 23.1 Å². The number of carboxylic acid groups (broad SMARTS) is 1. The second kappa shape index (κ2) is 10.4. The standard InChI is InChI=1S/C17H26N4O4S2/c22-15-2-1-13(11-18-3-4-20-5-8-25-9-6-20)21(15)7-10-26-17-19-14(12-27-17)16(23)24/h12-13,18H,1-11H2,(H,23,24)/t13-/m1/s1. The lowest BCUT2D eigenvalue weighted by Crippen LogP contribution is -2.44. The highest BCUT2D eigenvalue weighted by Crippen LogP contribution is 2.24. The molecule has 0 saturated carbocycles. The van der Waals surface area contributed by atoms with Crippen molar-refractivity contribution in [1.29, 1.82) is 0 Å². The number of rotatable bonds is 10. The number of hydrogen-bond donors (Lipinski definition) is 2. The number of nitrogens with one attached hydrogen (secondary N) is 1. The minimum absolute atomic E-state index is 0.0853. The fourth-order valence-electron chi connectivity index (χ4n) is 3.30. The molecule has 0 aromatic carbocycles. The van der Waals surface area contributed by atoms with Crippen molar-refractivity contribution in [2.75, 3.05) is 58.2 Å². The number of carboxylic acids is 1. The van der Waals surface area contributed by atoms with Crippen LogP contribution in [0.5, 0.6) is 0 Å². The van der Waals surface area contributed by atoms with Gasteiger partial charge in [-0.1, -0.05) is 11.8 Å². The number of aromatic carboxylic acids is 1. The number of carbonyl (C=O) groups is 2. The number of thioether (sulfide) groups is 1. The van der Waals surface area contributed by atoms with E-state index in [1.54, 1.807) is 5.38 Å². The topological polar surface area (TPSA) is 95.0 Å². The highest BCUT2D eigenvalue weighted by Gasteiger charge is 2.30. The van der Waals surface area contributed by atoms with Gasteiger partial charge in [-0.25, -0.2) is 9.78 Å². The zero-order valence-electron chi connectivity index (χ0n) is 15.3. The average Bonchev–Trinajstić information content (AvgIpc) is 3.28. The first-order valence-corrected chi connectivity index (χ1v) is 11.1. The molecule has 0 bridgehead atoms. The van der Waals surface area contributed by atoms with Crippen LogP contribution in [0.15, 0.2) is 9.72 Å². The Labute approximate surface area is 167 Å². The number of ether oxygens (including phenoxy) is 1. The summed E-state index contributed by atoms with van der Waals surface area (Å²) in [5, 5.41) is 14.0. The lowest BCUT2D eigenvalue weighted by Gasteiger charge is -2.28. The highest BCUT2D eigenvalue weighted by atomic mass is 32.2. The summed E-state index contributed by atoms with van der Waals surface area (Å²) in [6.45, 7) is 7.04. The Kier molecular flexibility index (Phi) is 7.89. The fraction of sp³-hybridized carbons (Fsp3) is 0.706. The molecule has 27 heavy (non-hydrogen) atoms. The Bertz CT molecular complexity index is 636. The van der Waals surface area contributed by atoms with Crippen molar-refractivity contribution in [3.8, 4) is 0 Å². The molecule has 2 aliphatic heterocycles. The van der Waals surface area contributed by atoms with Crippen LogP contribution in [-0.2, 0) is 9.53 Å². The van der Waals surface area contributed by atoms with Crippen molar-refractivity contribution in [2.45, 2.75) is 23.2 Å². The lowest BCUT2D eigenvalue weighted by atomic mass is 10.2. The monoisotopic (exact) mass is 414 g/mol. The summed E-state index contributed by atoms with van der Waals surface area (Å²) >= 11 is 2.84. The lowest BCUT2D eigenvalue weighted by molar-refractivity contribution is -0.128. The van der Waals surface area contributed by atoms with Crippen LogP contribution in [0, 0.1) is 0 Å². The zero-order chi connectivity index (χ0) is 19.1. The molecule has 3 rings (SSSR count). The van der Waals surface area contributed by atoms with Crippen molar-refractivity contribution < 1.29 is 19.4 Å². The fourth-order valence-corrected chi connectivity index (χ4v) is 5.11. The Hall–Kier alpha value is -1.20. The zero-order valence-corrected chi connectivity index (χ0v) is 16.9. The quantitative estimate of drug-likeness (QED) is 0.430.